The normalized spacial score (nSPS) is 14.4. The van der Waals surface area contributed by atoms with Crippen molar-refractivity contribution < 1.29 is 9.90 Å². The van der Waals surface area contributed by atoms with Crippen LogP contribution in [0.3, 0.4) is 0 Å². The van der Waals surface area contributed by atoms with E-state index in [2.05, 4.69) is 29.4 Å². The number of nitrogens with zero attached hydrogens (tertiary/aromatic N) is 1. The summed E-state index contributed by atoms with van der Waals surface area (Å²) >= 11 is 0. The number of carbonyl (C=O) groups excluding carboxylic acids is 1. The molecule has 0 saturated carbocycles. The number of aromatic nitrogens is 2. The Kier molecular flexibility index (Phi) is 6.02. The number of aliphatic hydroxyl groups is 1. The van der Waals surface area contributed by atoms with Crippen molar-refractivity contribution in [2.75, 3.05) is 6.61 Å². The van der Waals surface area contributed by atoms with Crippen molar-refractivity contribution in [1.82, 2.24) is 15.5 Å². The molecule has 3 N–H and O–H groups in total. The van der Waals surface area contributed by atoms with Crippen LogP contribution in [0.2, 0.25) is 0 Å². The summed E-state index contributed by atoms with van der Waals surface area (Å²) in [5.74, 6) is 0.523. The van der Waals surface area contributed by atoms with E-state index < -0.39 is 0 Å². The first-order chi connectivity index (χ1) is 8.97. The van der Waals surface area contributed by atoms with Crippen LogP contribution in [0.1, 0.15) is 50.3 Å². The molecule has 0 saturated heterocycles. The molecule has 0 aliphatic heterocycles. The molecule has 1 aromatic heterocycles. The molecule has 1 amide bonds. The quantitative estimate of drug-likeness (QED) is 0.704. The molecule has 108 valence electrons. The van der Waals surface area contributed by atoms with Gasteiger partial charge >= 0.3 is 0 Å². The first-order valence-electron chi connectivity index (χ1n) is 6.93. The number of aliphatic hydroxyl groups excluding tert-OH is 1. The Morgan fingerprint density at radius 1 is 1.47 bits per heavy atom. The molecule has 0 aliphatic rings. The number of H-pyrrole nitrogens is 1. The standard InChI is InChI=1S/C14H25N3O2/c1-5-10(4)13(8-18)15-14(19)12-7-11(16-17-12)6-9(2)3/h7,9-10,13,18H,5-6,8H2,1-4H3,(H,15,19)(H,16,17)/t10-,13+/m0/s1. The van der Waals surface area contributed by atoms with Crippen LogP contribution in [0.15, 0.2) is 6.07 Å². The van der Waals surface area contributed by atoms with Gasteiger partial charge in [0.2, 0.25) is 0 Å². The number of carbonyl (C=O) groups is 1. The molecule has 0 radical (unpaired) electrons. The van der Waals surface area contributed by atoms with E-state index in [1.165, 1.54) is 0 Å². The van der Waals surface area contributed by atoms with E-state index in [-0.39, 0.29) is 24.5 Å². The van der Waals surface area contributed by atoms with Gasteiger partial charge in [-0.3, -0.25) is 9.89 Å². The van der Waals surface area contributed by atoms with Gasteiger partial charge in [-0.05, 0) is 24.3 Å². The van der Waals surface area contributed by atoms with Gasteiger partial charge in [-0.2, -0.15) is 5.10 Å². The molecule has 0 fully saturated rings. The molecule has 0 spiro atoms. The second-order valence-electron chi connectivity index (χ2n) is 5.52. The maximum atomic E-state index is 12.0. The minimum atomic E-state index is -0.231. The summed E-state index contributed by atoms with van der Waals surface area (Å²) in [6.45, 7) is 8.23. The summed E-state index contributed by atoms with van der Waals surface area (Å²) in [7, 11) is 0. The lowest BCUT2D eigenvalue weighted by Gasteiger charge is -2.21. The minimum absolute atomic E-state index is 0.0516. The Labute approximate surface area is 114 Å². The van der Waals surface area contributed by atoms with Gasteiger partial charge in [0.15, 0.2) is 0 Å². The van der Waals surface area contributed by atoms with Gasteiger partial charge in [-0.15, -0.1) is 0 Å². The van der Waals surface area contributed by atoms with Gasteiger partial charge in [0.25, 0.3) is 5.91 Å². The lowest BCUT2D eigenvalue weighted by atomic mass is 10.00. The highest BCUT2D eigenvalue weighted by Crippen LogP contribution is 2.10. The fourth-order valence-corrected chi connectivity index (χ4v) is 1.92. The molecule has 1 heterocycles. The van der Waals surface area contributed by atoms with E-state index in [4.69, 9.17) is 0 Å². The molecule has 0 bridgehead atoms. The largest absolute Gasteiger partial charge is 0.394 e. The molecule has 1 aromatic rings. The number of hydrogen-bond acceptors (Lipinski definition) is 3. The predicted octanol–water partition coefficient (Wildman–Crippen LogP) is 1.75. The Balaban J connectivity index is 2.64. The highest BCUT2D eigenvalue weighted by Gasteiger charge is 2.19. The van der Waals surface area contributed by atoms with Gasteiger partial charge in [0.1, 0.15) is 5.69 Å². The summed E-state index contributed by atoms with van der Waals surface area (Å²) in [5.41, 5.74) is 1.35. The number of aromatic amines is 1. The second-order valence-corrected chi connectivity index (χ2v) is 5.52. The van der Waals surface area contributed by atoms with Crippen LogP contribution in [-0.4, -0.2) is 33.9 Å². The summed E-state index contributed by atoms with van der Waals surface area (Å²) in [6, 6.07) is 1.56. The van der Waals surface area contributed by atoms with E-state index in [0.717, 1.165) is 18.5 Å². The Morgan fingerprint density at radius 2 is 2.16 bits per heavy atom. The van der Waals surface area contributed by atoms with Crippen LogP contribution < -0.4 is 5.32 Å². The maximum absolute atomic E-state index is 12.0. The molecule has 1 rings (SSSR count). The molecule has 0 aliphatic carbocycles. The van der Waals surface area contributed by atoms with Gasteiger partial charge in [0, 0.05) is 5.69 Å². The van der Waals surface area contributed by atoms with Gasteiger partial charge in [-0.25, -0.2) is 0 Å². The molecular weight excluding hydrogens is 242 g/mol. The molecule has 0 unspecified atom stereocenters. The first-order valence-corrected chi connectivity index (χ1v) is 6.93. The molecule has 5 heteroatoms. The fraction of sp³-hybridized carbons (Fsp3) is 0.714. The Morgan fingerprint density at radius 3 is 2.68 bits per heavy atom. The first kappa shape index (κ1) is 15.7. The van der Waals surface area contributed by atoms with E-state index in [1.807, 2.05) is 13.8 Å². The van der Waals surface area contributed by atoms with Crippen molar-refractivity contribution in [2.24, 2.45) is 11.8 Å². The van der Waals surface area contributed by atoms with E-state index in [1.54, 1.807) is 6.07 Å². The third-order valence-electron chi connectivity index (χ3n) is 3.34. The summed E-state index contributed by atoms with van der Waals surface area (Å²) in [5, 5.41) is 19.0. The lowest BCUT2D eigenvalue weighted by molar-refractivity contribution is 0.0886. The summed E-state index contributed by atoms with van der Waals surface area (Å²) in [4.78, 5) is 12.0. The van der Waals surface area contributed by atoms with Gasteiger partial charge in [-0.1, -0.05) is 34.1 Å². The van der Waals surface area contributed by atoms with E-state index in [0.29, 0.717) is 11.6 Å². The van der Waals surface area contributed by atoms with Crippen LogP contribution in [0.5, 0.6) is 0 Å². The zero-order valence-electron chi connectivity index (χ0n) is 12.2. The molecule has 19 heavy (non-hydrogen) atoms. The number of rotatable bonds is 7. The number of amides is 1. The SMILES string of the molecule is CC[C@H](C)[C@@H](CO)NC(=O)c1cc(CC(C)C)[nH]n1. The van der Waals surface area contributed by atoms with Crippen LogP contribution in [-0.2, 0) is 6.42 Å². The lowest BCUT2D eigenvalue weighted by Crippen LogP contribution is -2.42. The average molecular weight is 267 g/mol. The summed E-state index contributed by atoms with van der Waals surface area (Å²) in [6.07, 6.45) is 1.78. The zero-order chi connectivity index (χ0) is 14.4. The van der Waals surface area contributed by atoms with Gasteiger partial charge in [0.05, 0.1) is 12.6 Å². The highest BCUT2D eigenvalue weighted by molar-refractivity contribution is 5.92. The van der Waals surface area contributed by atoms with Crippen LogP contribution in [0, 0.1) is 11.8 Å². The monoisotopic (exact) mass is 267 g/mol. The molecular formula is C14H25N3O2. The molecule has 2 atom stereocenters. The average Bonchev–Trinajstić information content (AvgIpc) is 2.82. The van der Waals surface area contributed by atoms with Crippen LogP contribution in [0.4, 0.5) is 0 Å². The Hall–Kier alpha value is -1.36. The van der Waals surface area contributed by atoms with E-state index >= 15 is 0 Å². The van der Waals surface area contributed by atoms with Crippen molar-refractivity contribution in [1.29, 1.82) is 0 Å². The van der Waals surface area contributed by atoms with Crippen LogP contribution >= 0.6 is 0 Å². The second kappa shape index (κ2) is 7.28. The predicted molar refractivity (Wildman–Crippen MR) is 74.9 cm³/mol. The number of hydrogen-bond donors (Lipinski definition) is 3. The van der Waals surface area contributed by atoms with Crippen molar-refractivity contribution in [2.45, 2.75) is 46.6 Å². The molecule has 0 aromatic carbocycles. The van der Waals surface area contributed by atoms with Crippen molar-refractivity contribution >= 4 is 5.91 Å². The number of nitrogens with one attached hydrogen (secondary N) is 2. The topological polar surface area (TPSA) is 78.0 Å². The molecule has 5 nitrogen and oxygen atoms in total. The van der Waals surface area contributed by atoms with Crippen molar-refractivity contribution in [3.8, 4) is 0 Å². The van der Waals surface area contributed by atoms with E-state index in [9.17, 15) is 9.90 Å². The van der Waals surface area contributed by atoms with Crippen molar-refractivity contribution in [3.63, 3.8) is 0 Å². The third kappa shape index (κ3) is 4.67. The Bertz CT molecular complexity index is 401. The van der Waals surface area contributed by atoms with Crippen molar-refractivity contribution in [3.05, 3.63) is 17.5 Å². The smallest absolute Gasteiger partial charge is 0.272 e. The van der Waals surface area contributed by atoms with Gasteiger partial charge < -0.3 is 10.4 Å². The van der Waals surface area contributed by atoms with Crippen LogP contribution in [0.25, 0.3) is 0 Å². The third-order valence-corrected chi connectivity index (χ3v) is 3.34. The maximum Gasteiger partial charge on any atom is 0.272 e. The highest BCUT2D eigenvalue weighted by atomic mass is 16.3. The fourth-order valence-electron chi connectivity index (χ4n) is 1.92. The minimum Gasteiger partial charge on any atom is -0.394 e. The summed E-state index contributed by atoms with van der Waals surface area (Å²) < 4.78 is 0. The zero-order valence-corrected chi connectivity index (χ0v) is 12.2.